The number of fused-ring (bicyclic) bond motifs is 2. The molecule has 11 heteroatoms. The number of aromatic nitrogens is 1. The van der Waals surface area contributed by atoms with Crippen molar-refractivity contribution >= 4 is 35.1 Å². The summed E-state index contributed by atoms with van der Waals surface area (Å²) in [4.78, 5) is 61.3. The van der Waals surface area contributed by atoms with E-state index in [0.717, 1.165) is 25.8 Å². The molecule has 1 spiro atoms. The standard InChI is InChI=1S/C36H42IN6O4/c1-4-35(13-16-42(17-14-35)24(2)44)34(47)43(22-27-9-6-5-8-26(27)21-38-3)23-31(45)40-29-12-11-25-19-36(20-28(25)18-29)33(46)41-32-30(37-36)10-7-15-39-32/h5-12,15,18,38H,4,13-14,16-17,19-23H2,1-3H3,(H,40,45)(H,39,41,46)/q-1/t36-/m0/s1. The van der Waals surface area contributed by atoms with Gasteiger partial charge in [-0.05, 0) is 7.05 Å². The fourth-order valence-corrected chi connectivity index (χ4v) is 10.7. The normalized spacial score (nSPS) is 19.6. The summed E-state index contributed by atoms with van der Waals surface area (Å²) in [5.41, 5.74) is 4.29. The van der Waals surface area contributed by atoms with E-state index in [4.69, 9.17) is 0 Å². The van der Waals surface area contributed by atoms with Crippen molar-refractivity contribution in [2.24, 2.45) is 5.41 Å². The van der Waals surface area contributed by atoms with Gasteiger partial charge in [0.05, 0.1) is 0 Å². The summed E-state index contributed by atoms with van der Waals surface area (Å²) in [6.07, 6.45) is 4.79. The average molecular weight is 750 g/mol. The first kappa shape index (κ1) is 33.1. The van der Waals surface area contributed by atoms with Crippen LogP contribution >= 0.6 is 0 Å². The predicted octanol–water partition coefficient (Wildman–Crippen LogP) is 0.555. The molecule has 3 heterocycles. The van der Waals surface area contributed by atoms with Gasteiger partial charge in [-0.3, -0.25) is 4.79 Å². The van der Waals surface area contributed by atoms with Crippen LogP contribution < -0.4 is 37.2 Å². The van der Waals surface area contributed by atoms with E-state index in [1.165, 1.54) is 0 Å². The van der Waals surface area contributed by atoms with Crippen LogP contribution in [-0.2, 0) is 45.1 Å². The van der Waals surface area contributed by atoms with Crippen LogP contribution in [0, 0.1) is 8.99 Å². The zero-order valence-corrected chi connectivity index (χ0v) is 29.4. The van der Waals surface area contributed by atoms with E-state index in [0.29, 0.717) is 69.8 Å². The zero-order valence-electron chi connectivity index (χ0n) is 27.2. The maximum absolute atomic E-state index is 14.4. The number of pyridine rings is 1. The zero-order chi connectivity index (χ0) is 33.2. The monoisotopic (exact) mass is 749 g/mol. The SMILES string of the molecule is CCC1(C(=O)N(CC(=O)Nc2ccc3c(c2)C[C@]2(C3)[I-]c3cccnc3NC2=O)Cc2ccccc2CNC)CCN(C(C)=O)CC1. The van der Waals surface area contributed by atoms with Crippen LogP contribution in [0.4, 0.5) is 11.5 Å². The number of piperidine rings is 1. The van der Waals surface area contributed by atoms with Crippen molar-refractivity contribution in [1.29, 1.82) is 0 Å². The number of carbonyl (C=O) groups is 4. The molecule has 2 aliphatic heterocycles. The summed E-state index contributed by atoms with van der Waals surface area (Å²) in [5, 5.41) is 9.29. The molecule has 3 aromatic rings. The topological polar surface area (TPSA) is 124 Å². The van der Waals surface area contributed by atoms with E-state index in [2.05, 4.69) is 27.0 Å². The molecule has 3 aliphatic rings. The number of nitrogens with one attached hydrogen (secondary N) is 3. The van der Waals surface area contributed by atoms with Crippen LogP contribution in [0.15, 0.2) is 60.8 Å². The van der Waals surface area contributed by atoms with Crippen LogP contribution in [0.25, 0.3) is 0 Å². The second-order valence-electron chi connectivity index (χ2n) is 12.8. The van der Waals surface area contributed by atoms with Crippen LogP contribution in [0.5, 0.6) is 0 Å². The Balaban J connectivity index is 1.20. The Morgan fingerprint density at radius 1 is 1.02 bits per heavy atom. The third kappa shape index (κ3) is 6.78. The molecule has 47 heavy (non-hydrogen) atoms. The van der Waals surface area contributed by atoms with Crippen LogP contribution in [0.3, 0.4) is 0 Å². The summed E-state index contributed by atoms with van der Waals surface area (Å²) < 4.78 is 0.682. The van der Waals surface area contributed by atoms with Crippen molar-refractivity contribution in [3.63, 3.8) is 0 Å². The van der Waals surface area contributed by atoms with E-state index in [1.807, 2.05) is 62.5 Å². The Morgan fingerprint density at radius 2 is 1.77 bits per heavy atom. The van der Waals surface area contributed by atoms with Crippen LogP contribution in [0.1, 0.15) is 55.4 Å². The van der Waals surface area contributed by atoms with E-state index in [9.17, 15) is 19.2 Å². The second-order valence-corrected chi connectivity index (χ2v) is 16.6. The molecule has 0 unspecified atom stereocenters. The summed E-state index contributed by atoms with van der Waals surface area (Å²) in [6.45, 7) is 5.52. The first-order valence-corrected chi connectivity index (χ1v) is 18.4. The first-order valence-electron chi connectivity index (χ1n) is 16.3. The fraction of sp³-hybridized carbons (Fsp3) is 0.417. The van der Waals surface area contributed by atoms with E-state index in [1.54, 1.807) is 22.9 Å². The van der Waals surface area contributed by atoms with Crippen LogP contribution in [-0.4, -0.2) is 68.5 Å². The number of likely N-dealkylation sites (tertiary alicyclic amines) is 1. The van der Waals surface area contributed by atoms with Gasteiger partial charge in [0, 0.05) is 26.6 Å². The Morgan fingerprint density at radius 3 is 2.49 bits per heavy atom. The number of hydrogen-bond donors (Lipinski definition) is 3. The molecule has 2 aromatic carbocycles. The molecule has 248 valence electrons. The Hall–Kier alpha value is -3.84. The van der Waals surface area contributed by atoms with Gasteiger partial charge in [0.15, 0.2) is 0 Å². The molecule has 3 N–H and O–H groups in total. The minimum absolute atomic E-state index is 0.0208. The van der Waals surface area contributed by atoms with Crippen molar-refractivity contribution in [3.05, 3.63) is 86.6 Å². The second kappa shape index (κ2) is 13.7. The molecular weight excluding hydrogens is 707 g/mol. The molecule has 4 amide bonds. The van der Waals surface area contributed by atoms with Gasteiger partial charge in [0.2, 0.25) is 5.91 Å². The quantitative estimate of drug-likeness (QED) is 0.217. The minimum Gasteiger partial charge on any atom is -0.343 e. The summed E-state index contributed by atoms with van der Waals surface area (Å²) in [6, 6.07) is 17.9. The van der Waals surface area contributed by atoms with Gasteiger partial charge in [-0.15, -0.1) is 0 Å². The van der Waals surface area contributed by atoms with Gasteiger partial charge < -0.3 is 10.2 Å². The molecule has 1 aliphatic carbocycles. The number of alkyl halides is 1. The number of amides is 4. The smallest absolute Gasteiger partial charge is 0.343 e. The average Bonchev–Trinajstić information content (AvgIpc) is 3.43. The van der Waals surface area contributed by atoms with Crippen molar-refractivity contribution < 1.29 is 40.4 Å². The summed E-state index contributed by atoms with van der Waals surface area (Å²) in [5.74, 6) is 0.419. The number of nitrogens with zero attached hydrogens (tertiary/aromatic N) is 3. The number of halogens is 1. The van der Waals surface area contributed by atoms with Gasteiger partial charge in [0.1, 0.15) is 0 Å². The van der Waals surface area contributed by atoms with Gasteiger partial charge in [-0.2, -0.15) is 0 Å². The van der Waals surface area contributed by atoms with Gasteiger partial charge in [-0.1, -0.05) is 25.1 Å². The number of hydrogen-bond acceptors (Lipinski definition) is 6. The number of anilines is 2. The molecule has 6 rings (SSSR count). The molecule has 1 saturated heterocycles. The van der Waals surface area contributed by atoms with E-state index >= 15 is 0 Å². The number of carbonyl (C=O) groups excluding carboxylic acids is 4. The van der Waals surface area contributed by atoms with Crippen molar-refractivity contribution in [1.82, 2.24) is 20.1 Å². The molecule has 0 saturated carbocycles. The predicted molar refractivity (Wildman–Crippen MR) is 176 cm³/mol. The Labute approximate surface area is 286 Å². The van der Waals surface area contributed by atoms with E-state index < -0.39 is 30.0 Å². The Kier molecular flexibility index (Phi) is 9.65. The molecule has 0 bridgehead atoms. The van der Waals surface area contributed by atoms with Crippen molar-refractivity contribution in [2.45, 2.75) is 62.5 Å². The van der Waals surface area contributed by atoms with Gasteiger partial charge >= 0.3 is 208 Å². The molecule has 10 nitrogen and oxygen atoms in total. The number of benzene rings is 2. The molecule has 1 fully saturated rings. The molecule has 1 aromatic heterocycles. The first-order chi connectivity index (χ1) is 22.6. The van der Waals surface area contributed by atoms with Crippen molar-refractivity contribution in [3.8, 4) is 0 Å². The third-order valence-electron chi connectivity index (χ3n) is 9.88. The van der Waals surface area contributed by atoms with Crippen LogP contribution in [0.2, 0.25) is 0 Å². The third-order valence-corrected chi connectivity index (χ3v) is 13.6. The Bertz CT molecular complexity index is 1700. The van der Waals surface area contributed by atoms with E-state index in [-0.39, 0.29) is 30.2 Å². The fourth-order valence-electron chi connectivity index (χ4n) is 7.10. The van der Waals surface area contributed by atoms with Gasteiger partial charge in [0.25, 0.3) is 0 Å². The number of rotatable bonds is 9. The van der Waals surface area contributed by atoms with Gasteiger partial charge in [-0.25, -0.2) is 0 Å². The minimum atomic E-state index is -0.635. The maximum atomic E-state index is 14.4. The summed E-state index contributed by atoms with van der Waals surface area (Å²) in [7, 11) is 1.89. The summed E-state index contributed by atoms with van der Waals surface area (Å²) >= 11 is -0.614. The molecule has 0 radical (unpaired) electrons. The molecular formula is C36H42IN6O4-. The molecule has 1 atom stereocenters. The van der Waals surface area contributed by atoms with Crippen molar-refractivity contribution in [2.75, 3.05) is 37.3 Å².